The van der Waals surface area contributed by atoms with Gasteiger partial charge >= 0.3 is 5.97 Å². The van der Waals surface area contributed by atoms with Crippen LogP contribution in [0.2, 0.25) is 0 Å². The van der Waals surface area contributed by atoms with Crippen molar-refractivity contribution in [2.24, 2.45) is 11.7 Å². The Bertz CT molecular complexity index is 820. The molecule has 1 aromatic carbocycles. The van der Waals surface area contributed by atoms with Crippen molar-refractivity contribution in [2.75, 3.05) is 12.3 Å². The first kappa shape index (κ1) is 25.7. The fourth-order valence-corrected chi connectivity index (χ4v) is 3.82. The van der Waals surface area contributed by atoms with Crippen molar-refractivity contribution in [3.63, 3.8) is 0 Å². The summed E-state index contributed by atoms with van der Waals surface area (Å²) in [7, 11) is 0. The highest BCUT2D eigenvalue weighted by atomic mass is 32.1. The molecule has 10 heteroatoms. The van der Waals surface area contributed by atoms with Crippen LogP contribution in [-0.2, 0) is 25.6 Å². The number of rotatable bonds is 10. The van der Waals surface area contributed by atoms with Crippen molar-refractivity contribution in [1.29, 1.82) is 0 Å². The zero-order chi connectivity index (χ0) is 23.8. The van der Waals surface area contributed by atoms with Gasteiger partial charge in [-0.2, -0.15) is 12.6 Å². The van der Waals surface area contributed by atoms with E-state index in [0.29, 0.717) is 19.4 Å². The Kier molecular flexibility index (Phi) is 9.52. The van der Waals surface area contributed by atoms with Crippen molar-refractivity contribution in [2.45, 2.75) is 57.3 Å². The SMILES string of the molecule is CC(C)C(N)C(=O)NC(Cc1ccccc1)C(=O)NC(CS)C(=O)N1CCCC1C(=O)O. The molecule has 1 aliphatic rings. The minimum atomic E-state index is -1.07. The largest absolute Gasteiger partial charge is 0.480 e. The summed E-state index contributed by atoms with van der Waals surface area (Å²) in [5, 5.41) is 14.7. The fraction of sp³-hybridized carbons (Fsp3) is 0.545. The maximum Gasteiger partial charge on any atom is 0.326 e. The Morgan fingerprint density at radius 1 is 1.12 bits per heavy atom. The molecular weight excluding hydrogens is 432 g/mol. The molecule has 2 rings (SSSR count). The second-order valence-electron chi connectivity index (χ2n) is 8.29. The lowest BCUT2D eigenvalue weighted by molar-refractivity contribution is -0.149. The maximum absolute atomic E-state index is 13.1. The molecule has 0 radical (unpaired) electrons. The Labute approximate surface area is 193 Å². The smallest absolute Gasteiger partial charge is 0.326 e. The number of carboxylic acid groups (broad SMARTS) is 1. The number of nitrogens with two attached hydrogens (primary N) is 1. The molecule has 0 saturated carbocycles. The number of thiol groups is 1. The van der Waals surface area contributed by atoms with Crippen LogP contribution in [0.4, 0.5) is 0 Å². The number of carbonyl (C=O) groups excluding carboxylic acids is 3. The van der Waals surface area contributed by atoms with Gasteiger partial charge in [-0.15, -0.1) is 0 Å². The van der Waals surface area contributed by atoms with E-state index >= 15 is 0 Å². The molecule has 1 aliphatic heterocycles. The van der Waals surface area contributed by atoms with Gasteiger partial charge in [0.2, 0.25) is 17.7 Å². The quantitative estimate of drug-likeness (QED) is 0.313. The summed E-state index contributed by atoms with van der Waals surface area (Å²) in [6.07, 6.45) is 1.15. The number of likely N-dealkylation sites (tertiary alicyclic amines) is 1. The highest BCUT2D eigenvalue weighted by Crippen LogP contribution is 2.19. The number of benzene rings is 1. The second kappa shape index (κ2) is 11.9. The van der Waals surface area contributed by atoms with Gasteiger partial charge in [0.15, 0.2) is 0 Å². The van der Waals surface area contributed by atoms with E-state index in [-0.39, 0.29) is 18.1 Å². The number of carboxylic acids is 1. The van der Waals surface area contributed by atoms with Crippen molar-refractivity contribution in [1.82, 2.24) is 15.5 Å². The standard InChI is InChI=1S/C22H32N4O5S/c1-13(2)18(23)20(28)24-15(11-14-7-4-3-5-8-14)19(27)25-16(12-32)21(29)26-10-6-9-17(26)22(30)31/h3-5,7-8,13,15-18,32H,6,9-12,23H2,1-2H3,(H,24,28)(H,25,27)(H,30,31). The van der Waals surface area contributed by atoms with E-state index in [4.69, 9.17) is 5.73 Å². The molecule has 0 spiro atoms. The average molecular weight is 465 g/mol. The van der Waals surface area contributed by atoms with Gasteiger partial charge in [-0.1, -0.05) is 44.2 Å². The van der Waals surface area contributed by atoms with Crippen LogP contribution in [0.3, 0.4) is 0 Å². The van der Waals surface area contributed by atoms with E-state index in [1.807, 2.05) is 30.3 Å². The molecule has 4 atom stereocenters. The molecule has 9 nitrogen and oxygen atoms in total. The Balaban J connectivity index is 2.16. The van der Waals surface area contributed by atoms with Gasteiger partial charge in [0.05, 0.1) is 6.04 Å². The summed E-state index contributed by atoms with van der Waals surface area (Å²) in [4.78, 5) is 51.3. The van der Waals surface area contributed by atoms with E-state index in [1.54, 1.807) is 13.8 Å². The van der Waals surface area contributed by atoms with Gasteiger partial charge < -0.3 is 26.4 Å². The Morgan fingerprint density at radius 3 is 2.31 bits per heavy atom. The van der Waals surface area contributed by atoms with Crippen LogP contribution in [0.1, 0.15) is 32.3 Å². The van der Waals surface area contributed by atoms with Crippen molar-refractivity contribution < 1.29 is 24.3 Å². The molecule has 1 fully saturated rings. The topological polar surface area (TPSA) is 142 Å². The summed E-state index contributed by atoms with van der Waals surface area (Å²) in [6.45, 7) is 3.92. The van der Waals surface area contributed by atoms with Crippen molar-refractivity contribution in [3.8, 4) is 0 Å². The molecule has 5 N–H and O–H groups in total. The molecule has 32 heavy (non-hydrogen) atoms. The fourth-order valence-electron chi connectivity index (χ4n) is 3.57. The van der Waals surface area contributed by atoms with E-state index < -0.39 is 47.9 Å². The van der Waals surface area contributed by atoms with Gasteiger partial charge in [-0.05, 0) is 24.3 Å². The van der Waals surface area contributed by atoms with Crippen molar-refractivity contribution >= 4 is 36.3 Å². The van der Waals surface area contributed by atoms with E-state index in [1.165, 1.54) is 4.90 Å². The van der Waals surface area contributed by atoms with Crippen LogP contribution in [0.5, 0.6) is 0 Å². The van der Waals surface area contributed by atoms with Crippen LogP contribution >= 0.6 is 12.6 Å². The lowest BCUT2D eigenvalue weighted by Gasteiger charge is -2.28. The number of carbonyl (C=O) groups is 4. The van der Waals surface area contributed by atoms with Gasteiger partial charge in [-0.3, -0.25) is 14.4 Å². The summed E-state index contributed by atoms with van der Waals surface area (Å²) in [5.74, 6) is -2.72. The van der Waals surface area contributed by atoms with Crippen LogP contribution in [0.15, 0.2) is 30.3 Å². The lowest BCUT2D eigenvalue weighted by Crippen LogP contribution is -2.58. The lowest BCUT2D eigenvalue weighted by atomic mass is 10.0. The summed E-state index contributed by atoms with van der Waals surface area (Å²) in [6, 6.07) is 5.48. The molecule has 0 aliphatic carbocycles. The molecular formula is C22H32N4O5S. The van der Waals surface area contributed by atoms with Crippen LogP contribution in [0, 0.1) is 5.92 Å². The van der Waals surface area contributed by atoms with Crippen LogP contribution in [-0.4, -0.2) is 70.2 Å². The molecule has 1 heterocycles. The van der Waals surface area contributed by atoms with Crippen molar-refractivity contribution in [3.05, 3.63) is 35.9 Å². The zero-order valence-electron chi connectivity index (χ0n) is 18.4. The third-order valence-corrected chi connectivity index (χ3v) is 5.92. The van der Waals surface area contributed by atoms with E-state index in [9.17, 15) is 24.3 Å². The minimum absolute atomic E-state index is 0.00900. The zero-order valence-corrected chi connectivity index (χ0v) is 19.3. The van der Waals surface area contributed by atoms with Gasteiger partial charge in [0.1, 0.15) is 18.1 Å². The molecule has 0 bridgehead atoms. The van der Waals surface area contributed by atoms with E-state index in [0.717, 1.165) is 5.56 Å². The highest BCUT2D eigenvalue weighted by Gasteiger charge is 2.38. The molecule has 1 aromatic rings. The first-order valence-corrected chi connectivity index (χ1v) is 11.3. The Hall–Kier alpha value is -2.59. The minimum Gasteiger partial charge on any atom is -0.480 e. The highest BCUT2D eigenvalue weighted by molar-refractivity contribution is 7.80. The normalized spacial score (nSPS) is 18.7. The number of aliphatic carboxylic acids is 1. The number of amides is 3. The third-order valence-electron chi connectivity index (χ3n) is 5.55. The number of nitrogens with zero attached hydrogens (tertiary/aromatic N) is 1. The second-order valence-corrected chi connectivity index (χ2v) is 8.66. The van der Waals surface area contributed by atoms with E-state index in [2.05, 4.69) is 23.3 Å². The first-order chi connectivity index (χ1) is 15.1. The van der Waals surface area contributed by atoms with Gasteiger partial charge in [0, 0.05) is 18.7 Å². The molecule has 0 aromatic heterocycles. The first-order valence-electron chi connectivity index (χ1n) is 10.7. The van der Waals surface area contributed by atoms with Crippen LogP contribution < -0.4 is 16.4 Å². The maximum atomic E-state index is 13.1. The predicted molar refractivity (Wildman–Crippen MR) is 123 cm³/mol. The number of nitrogens with one attached hydrogen (secondary N) is 2. The number of hydrogen-bond donors (Lipinski definition) is 5. The van der Waals surface area contributed by atoms with Gasteiger partial charge in [-0.25, -0.2) is 4.79 Å². The Morgan fingerprint density at radius 2 is 1.75 bits per heavy atom. The van der Waals surface area contributed by atoms with Crippen LogP contribution in [0.25, 0.3) is 0 Å². The third kappa shape index (κ3) is 6.70. The molecule has 1 saturated heterocycles. The number of hydrogen-bond acceptors (Lipinski definition) is 6. The monoisotopic (exact) mass is 464 g/mol. The summed E-state index contributed by atoms with van der Waals surface area (Å²) in [5.41, 5.74) is 6.76. The molecule has 4 unspecified atom stereocenters. The average Bonchev–Trinajstić information content (AvgIpc) is 3.26. The predicted octanol–water partition coefficient (Wildman–Crippen LogP) is 0.187. The van der Waals surface area contributed by atoms with Gasteiger partial charge in [0.25, 0.3) is 0 Å². The summed E-state index contributed by atoms with van der Waals surface area (Å²) < 4.78 is 0. The molecule has 3 amide bonds. The molecule has 176 valence electrons. The summed E-state index contributed by atoms with van der Waals surface area (Å²) >= 11 is 4.18.